The van der Waals surface area contributed by atoms with E-state index in [1.807, 2.05) is 19.1 Å². The average molecular weight is 464 g/mol. The lowest BCUT2D eigenvalue weighted by molar-refractivity contribution is 0.396. The first-order valence-electron chi connectivity index (χ1n) is 9.47. The van der Waals surface area contributed by atoms with Crippen molar-refractivity contribution in [1.29, 1.82) is 0 Å². The van der Waals surface area contributed by atoms with Gasteiger partial charge in [-0.1, -0.05) is 29.3 Å². The topological polar surface area (TPSA) is 55.8 Å². The van der Waals surface area contributed by atoms with E-state index in [2.05, 4.69) is 0 Å². The molecule has 8 heteroatoms. The second-order valence-electron chi connectivity index (χ2n) is 7.00. The fourth-order valence-corrected chi connectivity index (χ4v) is 5.21. The van der Waals surface area contributed by atoms with E-state index in [1.165, 1.54) is 24.6 Å². The predicted molar refractivity (Wildman–Crippen MR) is 120 cm³/mol. The summed E-state index contributed by atoms with van der Waals surface area (Å²) in [6.07, 6.45) is 0. The lowest BCUT2D eigenvalue weighted by Crippen LogP contribution is -2.34. The van der Waals surface area contributed by atoms with E-state index in [9.17, 15) is 12.8 Å². The zero-order chi connectivity index (χ0) is 22.8. The van der Waals surface area contributed by atoms with Crippen LogP contribution in [0.1, 0.15) is 24.1 Å². The summed E-state index contributed by atoms with van der Waals surface area (Å²) in [7, 11) is -1.06. The van der Waals surface area contributed by atoms with E-state index >= 15 is 0 Å². The van der Waals surface area contributed by atoms with Crippen molar-refractivity contribution in [3.05, 3.63) is 82.6 Å². The molecule has 0 radical (unpaired) electrons. The van der Waals surface area contributed by atoms with Gasteiger partial charge < -0.3 is 9.47 Å². The van der Waals surface area contributed by atoms with Crippen LogP contribution in [0, 0.1) is 12.7 Å². The third-order valence-corrected chi connectivity index (χ3v) is 7.16. The van der Waals surface area contributed by atoms with Crippen molar-refractivity contribution in [3.63, 3.8) is 0 Å². The Morgan fingerprint density at radius 1 is 0.968 bits per heavy atom. The number of sulfonamides is 1. The van der Waals surface area contributed by atoms with Crippen LogP contribution < -0.4 is 13.8 Å². The first-order valence-corrected chi connectivity index (χ1v) is 11.3. The van der Waals surface area contributed by atoms with Gasteiger partial charge in [0.25, 0.3) is 10.0 Å². The number of ether oxygens (including phenoxy) is 2. The summed E-state index contributed by atoms with van der Waals surface area (Å²) in [6, 6.07) is 15.0. The quantitative estimate of drug-likeness (QED) is 0.447. The molecule has 0 amide bonds. The fraction of sp³-hybridized carbons (Fsp3) is 0.217. The standard InChI is InChI=1S/C23H23ClFNO4S/c1-15-5-7-17(8-6-15)26(31(27,28)19-10-11-22(25)21(24)14-19)16(2)20-13-18(29-3)9-12-23(20)30-4/h5-14,16H,1-4H3. The number of hydrogen-bond donors (Lipinski definition) is 0. The molecule has 0 heterocycles. The van der Waals surface area contributed by atoms with Crippen LogP contribution in [0.2, 0.25) is 5.02 Å². The number of anilines is 1. The summed E-state index contributed by atoms with van der Waals surface area (Å²) in [6.45, 7) is 3.66. The summed E-state index contributed by atoms with van der Waals surface area (Å²) in [4.78, 5) is -0.117. The van der Waals surface area contributed by atoms with Crippen molar-refractivity contribution in [1.82, 2.24) is 0 Å². The summed E-state index contributed by atoms with van der Waals surface area (Å²) < 4.78 is 53.2. The fourth-order valence-electron chi connectivity index (χ4n) is 3.31. The van der Waals surface area contributed by atoms with Gasteiger partial charge in [-0.3, -0.25) is 4.31 Å². The second-order valence-corrected chi connectivity index (χ2v) is 9.22. The maximum Gasteiger partial charge on any atom is 0.264 e. The SMILES string of the molecule is COc1ccc(OC)c(C(C)N(c2ccc(C)cc2)S(=O)(=O)c2ccc(F)c(Cl)c2)c1. The van der Waals surface area contributed by atoms with E-state index < -0.39 is 21.9 Å². The van der Waals surface area contributed by atoms with Crippen LogP contribution in [0.5, 0.6) is 11.5 Å². The van der Waals surface area contributed by atoms with Gasteiger partial charge in [0.05, 0.1) is 35.9 Å². The van der Waals surface area contributed by atoms with Crippen LogP contribution in [-0.4, -0.2) is 22.6 Å². The van der Waals surface area contributed by atoms with Crippen LogP contribution in [0.25, 0.3) is 0 Å². The van der Waals surface area contributed by atoms with Crippen LogP contribution in [0.15, 0.2) is 65.6 Å². The molecule has 0 aliphatic carbocycles. The molecule has 0 saturated carbocycles. The zero-order valence-corrected chi connectivity index (χ0v) is 19.2. The normalized spacial score (nSPS) is 12.3. The van der Waals surface area contributed by atoms with Crippen molar-refractivity contribution in [2.45, 2.75) is 24.8 Å². The van der Waals surface area contributed by atoms with E-state index in [0.717, 1.165) is 17.7 Å². The summed E-state index contributed by atoms with van der Waals surface area (Å²) in [5, 5.41) is -0.267. The maximum atomic E-state index is 13.7. The van der Waals surface area contributed by atoms with Crippen LogP contribution >= 0.6 is 11.6 Å². The predicted octanol–water partition coefficient (Wildman–Crippen LogP) is 5.76. The van der Waals surface area contributed by atoms with Gasteiger partial charge in [0.1, 0.15) is 17.3 Å². The molecule has 0 saturated heterocycles. The molecule has 5 nitrogen and oxygen atoms in total. The second kappa shape index (κ2) is 9.16. The molecule has 0 N–H and O–H groups in total. The Morgan fingerprint density at radius 2 is 1.65 bits per heavy atom. The lowest BCUT2D eigenvalue weighted by atomic mass is 10.1. The van der Waals surface area contributed by atoms with Crippen molar-refractivity contribution >= 4 is 27.3 Å². The highest BCUT2D eigenvalue weighted by Crippen LogP contribution is 2.39. The van der Waals surface area contributed by atoms with E-state index in [0.29, 0.717) is 22.7 Å². The Balaban J connectivity index is 2.22. The lowest BCUT2D eigenvalue weighted by Gasteiger charge is -2.32. The molecule has 0 spiro atoms. The molecule has 3 aromatic rings. The molecular formula is C23H23ClFNO4S. The molecular weight excluding hydrogens is 441 g/mol. The zero-order valence-electron chi connectivity index (χ0n) is 17.6. The molecule has 3 aromatic carbocycles. The Hall–Kier alpha value is -2.77. The molecule has 0 aliphatic heterocycles. The molecule has 0 fully saturated rings. The van der Waals surface area contributed by atoms with E-state index in [4.69, 9.17) is 21.1 Å². The molecule has 0 aliphatic rings. The summed E-state index contributed by atoms with van der Waals surface area (Å²) >= 11 is 5.88. The Morgan fingerprint density at radius 3 is 2.23 bits per heavy atom. The van der Waals surface area contributed by atoms with Crippen molar-refractivity contribution in [3.8, 4) is 11.5 Å². The highest BCUT2D eigenvalue weighted by molar-refractivity contribution is 7.92. The molecule has 1 atom stereocenters. The number of aryl methyl sites for hydroxylation is 1. The first kappa shape index (κ1) is 22.9. The average Bonchev–Trinajstić information content (AvgIpc) is 2.76. The summed E-state index contributed by atoms with van der Waals surface area (Å²) in [5.41, 5.74) is 2.04. The minimum absolute atomic E-state index is 0.117. The number of nitrogens with zero attached hydrogens (tertiary/aromatic N) is 1. The van der Waals surface area contributed by atoms with Crippen molar-refractivity contribution in [2.75, 3.05) is 18.5 Å². The van der Waals surface area contributed by atoms with Gasteiger partial charge in [0.2, 0.25) is 0 Å². The van der Waals surface area contributed by atoms with Gasteiger partial charge in [-0.05, 0) is 62.4 Å². The molecule has 0 bridgehead atoms. The number of benzene rings is 3. The largest absolute Gasteiger partial charge is 0.497 e. The van der Waals surface area contributed by atoms with Gasteiger partial charge in [-0.15, -0.1) is 0 Å². The molecule has 1 unspecified atom stereocenters. The number of halogens is 2. The third-order valence-electron chi connectivity index (χ3n) is 4.98. The smallest absolute Gasteiger partial charge is 0.264 e. The Labute approximate surface area is 187 Å². The van der Waals surface area contributed by atoms with Crippen molar-refractivity contribution in [2.24, 2.45) is 0 Å². The summed E-state index contributed by atoms with van der Waals surface area (Å²) in [5.74, 6) is 0.386. The molecule has 0 aromatic heterocycles. The molecule has 3 rings (SSSR count). The van der Waals surface area contributed by atoms with Gasteiger partial charge in [-0.2, -0.15) is 0 Å². The number of rotatable bonds is 7. The maximum absolute atomic E-state index is 13.7. The molecule has 164 valence electrons. The monoisotopic (exact) mass is 463 g/mol. The molecule has 31 heavy (non-hydrogen) atoms. The first-order chi connectivity index (χ1) is 14.7. The third kappa shape index (κ3) is 4.62. The van der Waals surface area contributed by atoms with Crippen LogP contribution in [0.3, 0.4) is 0 Å². The van der Waals surface area contributed by atoms with Crippen LogP contribution in [-0.2, 0) is 10.0 Å². The van der Waals surface area contributed by atoms with E-state index in [-0.39, 0.29) is 9.92 Å². The Kier molecular flexibility index (Phi) is 6.77. The number of methoxy groups -OCH3 is 2. The van der Waals surface area contributed by atoms with Gasteiger partial charge in [0.15, 0.2) is 0 Å². The van der Waals surface area contributed by atoms with Crippen LogP contribution in [0.4, 0.5) is 10.1 Å². The van der Waals surface area contributed by atoms with Gasteiger partial charge in [-0.25, -0.2) is 12.8 Å². The van der Waals surface area contributed by atoms with Gasteiger partial charge >= 0.3 is 0 Å². The minimum Gasteiger partial charge on any atom is -0.497 e. The highest BCUT2D eigenvalue weighted by atomic mass is 35.5. The minimum atomic E-state index is -4.11. The highest BCUT2D eigenvalue weighted by Gasteiger charge is 2.32. The Bertz CT molecular complexity index is 1180. The van der Waals surface area contributed by atoms with Gasteiger partial charge in [0, 0.05) is 5.56 Å². The van der Waals surface area contributed by atoms with E-state index in [1.54, 1.807) is 37.3 Å². The number of hydrogen-bond acceptors (Lipinski definition) is 4. The van der Waals surface area contributed by atoms with Crippen molar-refractivity contribution < 1.29 is 22.3 Å².